The number of nitrogens with zero attached hydrogens (tertiary/aromatic N) is 4. The highest BCUT2D eigenvalue weighted by molar-refractivity contribution is 7.91. The van der Waals surface area contributed by atoms with Gasteiger partial charge in [-0.3, -0.25) is 14.4 Å². The molecule has 0 unspecified atom stereocenters. The van der Waals surface area contributed by atoms with E-state index < -0.39 is 9.84 Å². The average molecular weight is 483 g/mol. The minimum Gasteiger partial charge on any atom is -0.311 e. The lowest BCUT2D eigenvalue weighted by Gasteiger charge is -2.30. The number of sulfone groups is 1. The summed E-state index contributed by atoms with van der Waals surface area (Å²) in [6.45, 7) is 9.04. The fourth-order valence-electron chi connectivity index (χ4n) is 4.94. The molecule has 0 N–H and O–H groups in total. The van der Waals surface area contributed by atoms with Crippen molar-refractivity contribution in [3.05, 3.63) is 59.4 Å². The number of aromatic nitrogens is 2. The van der Waals surface area contributed by atoms with E-state index in [4.69, 9.17) is 0 Å². The highest BCUT2D eigenvalue weighted by Crippen LogP contribution is 2.29. The monoisotopic (exact) mass is 482 g/mol. The van der Waals surface area contributed by atoms with Gasteiger partial charge >= 0.3 is 0 Å². The van der Waals surface area contributed by atoms with Crippen molar-refractivity contribution in [1.82, 2.24) is 14.7 Å². The predicted molar refractivity (Wildman–Crippen MR) is 137 cm³/mol. The van der Waals surface area contributed by atoms with Gasteiger partial charge in [0.2, 0.25) is 5.91 Å². The smallest absolute Gasteiger partial charge is 0.244 e. The van der Waals surface area contributed by atoms with Gasteiger partial charge in [-0.2, -0.15) is 5.10 Å². The quantitative estimate of drug-likeness (QED) is 0.511. The molecule has 2 aromatic carbocycles. The Kier molecular flexibility index (Phi) is 6.82. The van der Waals surface area contributed by atoms with E-state index in [1.807, 2.05) is 73.5 Å². The topological polar surface area (TPSA) is 75.5 Å². The van der Waals surface area contributed by atoms with Gasteiger partial charge in [0.1, 0.15) is 0 Å². The summed E-state index contributed by atoms with van der Waals surface area (Å²) in [6, 6.07) is 13.7. The van der Waals surface area contributed by atoms with Crippen LogP contribution in [0.5, 0.6) is 0 Å². The molecule has 8 heteroatoms. The van der Waals surface area contributed by atoms with Crippen LogP contribution >= 0.6 is 0 Å². The first-order valence-electron chi connectivity index (χ1n) is 11.9. The van der Waals surface area contributed by atoms with Crippen molar-refractivity contribution in [3.63, 3.8) is 0 Å². The molecule has 182 valence electrons. The molecule has 0 aliphatic carbocycles. The molecule has 1 saturated heterocycles. The highest BCUT2D eigenvalue weighted by atomic mass is 32.2. The molecule has 1 aliphatic rings. The van der Waals surface area contributed by atoms with Gasteiger partial charge in [-0.05, 0) is 52.6 Å². The van der Waals surface area contributed by atoms with Crippen LogP contribution in [0.15, 0.2) is 42.5 Å². The van der Waals surface area contributed by atoms with Crippen molar-refractivity contribution >= 4 is 32.2 Å². The summed E-state index contributed by atoms with van der Waals surface area (Å²) in [5, 5.41) is 6.85. The average Bonchev–Trinajstić information content (AvgIpc) is 3.32. The first-order chi connectivity index (χ1) is 16.1. The number of rotatable bonds is 7. The van der Waals surface area contributed by atoms with Gasteiger partial charge in [0.25, 0.3) is 0 Å². The summed E-state index contributed by atoms with van der Waals surface area (Å²) in [4.78, 5) is 17.5. The van der Waals surface area contributed by atoms with E-state index in [2.05, 4.69) is 23.3 Å². The Bertz CT molecular complexity index is 1310. The molecule has 1 amide bonds. The van der Waals surface area contributed by atoms with E-state index in [0.717, 1.165) is 33.4 Å². The van der Waals surface area contributed by atoms with Crippen LogP contribution in [0, 0.1) is 13.8 Å². The van der Waals surface area contributed by atoms with Crippen molar-refractivity contribution in [2.75, 3.05) is 30.0 Å². The standard InChI is InChI=1S/C26H34N4O3S/c1-6-29(25-13-9-11-21-10-7-8-12-23(21)25)26(31)20(4)28(5)16-24-18(2)27-30(19(24)3)22-14-15-34(32,33)17-22/h7-13,20,22H,6,14-17H2,1-5H3/t20-,22-/m0/s1. The zero-order valence-corrected chi connectivity index (χ0v) is 21.5. The van der Waals surface area contributed by atoms with Gasteiger partial charge in [0, 0.05) is 29.7 Å². The number of hydrogen-bond acceptors (Lipinski definition) is 5. The van der Waals surface area contributed by atoms with Gasteiger partial charge in [-0.25, -0.2) is 8.42 Å². The van der Waals surface area contributed by atoms with Gasteiger partial charge in [-0.1, -0.05) is 36.4 Å². The Morgan fingerprint density at radius 3 is 2.56 bits per heavy atom. The summed E-state index contributed by atoms with van der Waals surface area (Å²) in [6.07, 6.45) is 0.602. The molecular formula is C26H34N4O3S. The largest absolute Gasteiger partial charge is 0.311 e. The van der Waals surface area contributed by atoms with Crippen molar-refractivity contribution < 1.29 is 13.2 Å². The van der Waals surface area contributed by atoms with Crippen molar-refractivity contribution in [1.29, 1.82) is 0 Å². The molecule has 0 saturated carbocycles. The van der Waals surface area contributed by atoms with Gasteiger partial charge in [0.05, 0.1) is 35.0 Å². The number of aryl methyl sites for hydroxylation is 1. The van der Waals surface area contributed by atoms with Crippen molar-refractivity contribution in [2.24, 2.45) is 0 Å². The number of carbonyl (C=O) groups is 1. The molecule has 7 nitrogen and oxygen atoms in total. The minimum atomic E-state index is -2.99. The van der Waals surface area contributed by atoms with E-state index in [0.29, 0.717) is 19.5 Å². The maximum atomic E-state index is 13.6. The van der Waals surface area contributed by atoms with E-state index in [9.17, 15) is 13.2 Å². The molecule has 1 aromatic heterocycles. The van der Waals surface area contributed by atoms with Crippen LogP contribution in [0.1, 0.15) is 43.3 Å². The molecule has 0 radical (unpaired) electrons. The Hall–Kier alpha value is -2.71. The summed E-state index contributed by atoms with van der Waals surface area (Å²) >= 11 is 0. The Morgan fingerprint density at radius 1 is 1.18 bits per heavy atom. The first-order valence-corrected chi connectivity index (χ1v) is 13.7. The van der Waals surface area contributed by atoms with Crippen LogP contribution in [-0.4, -0.2) is 60.1 Å². The first kappa shape index (κ1) is 24.4. The third-order valence-corrected chi connectivity index (χ3v) is 8.85. The lowest BCUT2D eigenvalue weighted by Crippen LogP contribution is -2.45. The maximum Gasteiger partial charge on any atom is 0.244 e. The summed E-state index contributed by atoms with van der Waals surface area (Å²) in [7, 11) is -1.03. The van der Waals surface area contributed by atoms with Gasteiger partial charge in [-0.15, -0.1) is 0 Å². The number of amides is 1. The molecule has 1 fully saturated rings. The normalized spacial score (nSPS) is 18.5. The van der Waals surface area contributed by atoms with Crippen LogP contribution in [0.4, 0.5) is 5.69 Å². The zero-order valence-electron chi connectivity index (χ0n) is 20.7. The van der Waals surface area contributed by atoms with Crippen LogP contribution in [0.3, 0.4) is 0 Å². The van der Waals surface area contributed by atoms with Crippen molar-refractivity contribution in [2.45, 2.75) is 52.7 Å². The van der Waals surface area contributed by atoms with E-state index in [-0.39, 0.29) is 29.5 Å². The van der Waals surface area contributed by atoms with E-state index in [1.54, 1.807) is 0 Å². The lowest BCUT2D eigenvalue weighted by atomic mass is 10.1. The number of carbonyl (C=O) groups excluding carboxylic acids is 1. The van der Waals surface area contributed by atoms with Gasteiger partial charge < -0.3 is 4.90 Å². The zero-order chi connectivity index (χ0) is 24.6. The number of likely N-dealkylation sites (N-methyl/N-ethyl adjacent to an activating group) is 2. The molecule has 2 atom stereocenters. The predicted octanol–water partition coefficient (Wildman–Crippen LogP) is 3.89. The van der Waals surface area contributed by atoms with Crippen LogP contribution in [-0.2, 0) is 21.2 Å². The van der Waals surface area contributed by atoms with Crippen LogP contribution < -0.4 is 4.90 Å². The van der Waals surface area contributed by atoms with E-state index in [1.165, 1.54) is 0 Å². The third kappa shape index (κ3) is 4.61. The number of anilines is 1. The number of hydrogen-bond donors (Lipinski definition) is 0. The molecule has 0 spiro atoms. The Morgan fingerprint density at radius 2 is 1.88 bits per heavy atom. The second-order valence-corrected chi connectivity index (χ2v) is 11.6. The molecule has 2 heterocycles. The SMILES string of the molecule is CCN(C(=O)[C@H](C)N(C)Cc1c(C)nn([C@H]2CCS(=O)(=O)C2)c1C)c1cccc2ccccc12. The van der Waals surface area contributed by atoms with Gasteiger partial charge in [0.15, 0.2) is 9.84 Å². The summed E-state index contributed by atoms with van der Waals surface area (Å²) < 4.78 is 25.8. The number of benzene rings is 2. The van der Waals surface area contributed by atoms with E-state index >= 15 is 0 Å². The number of fused-ring (bicyclic) bond motifs is 1. The van der Waals surface area contributed by atoms with Crippen LogP contribution in [0.2, 0.25) is 0 Å². The maximum absolute atomic E-state index is 13.6. The van der Waals surface area contributed by atoms with Crippen molar-refractivity contribution in [3.8, 4) is 0 Å². The van der Waals surface area contributed by atoms with Crippen LogP contribution in [0.25, 0.3) is 10.8 Å². The molecule has 0 bridgehead atoms. The summed E-state index contributed by atoms with van der Waals surface area (Å²) in [5.41, 5.74) is 3.84. The highest BCUT2D eigenvalue weighted by Gasteiger charge is 2.32. The fourth-order valence-corrected chi connectivity index (χ4v) is 6.63. The minimum absolute atomic E-state index is 0.0472. The third-order valence-electron chi connectivity index (χ3n) is 7.09. The fraction of sp³-hybridized carbons (Fsp3) is 0.462. The Balaban J connectivity index is 1.54. The lowest BCUT2D eigenvalue weighted by molar-refractivity contribution is -0.122. The molecular weight excluding hydrogens is 448 g/mol. The second kappa shape index (κ2) is 9.50. The second-order valence-electron chi connectivity index (χ2n) is 9.32. The molecule has 34 heavy (non-hydrogen) atoms. The Labute approximate surface area is 202 Å². The molecule has 4 rings (SSSR count). The summed E-state index contributed by atoms with van der Waals surface area (Å²) in [5.74, 6) is 0.416. The molecule has 3 aromatic rings. The molecule has 1 aliphatic heterocycles.